The summed E-state index contributed by atoms with van der Waals surface area (Å²) in [5.41, 5.74) is 0. The van der Waals surface area contributed by atoms with E-state index in [9.17, 15) is 8.42 Å². The highest BCUT2D eigenvalue weighted by Gasteiger charge is 2.31. The fourth-order valence-electron chi connectivity index (χ4n) is 2.48. The molecule has 1 heterocycles. The van der Waals surface area contributed by atoms with Crippen molar-refractivity contribution < 1.29 is 8.42 Å². The van der Waals surface area contributed by atoms with E-state index < -0.39 is 10.0 Å². The van der Waals surface area contributed by atoms with Gasteiger partial charge >= 0.3 is 0 Å². The van der Waals surface area contributed by atoms with Gasteiger partial charge in [0.15, 0.2) is 0 Å². The summed E-state index contributed by atoms with van der Waals surface area (Å²) >= 11 is 1.29. The van der Waals surface area contributed by atoms with Gasteiger partial charge in [-0.05, 0) is 44.2 Å². The van der Waals surface area contributed by atoms with E-state index in [0.29, 0.717) is 10.3 Å². The van der Waals surface area contributed by atoms with Crippen molar-refractivity contribution in [3.05, 3.63) is 17.5 Å². The summed E-state index contributed by atoms with van der Waals surface area (Å²) in [5, 5.41) is 5.07. The second-order valence-electron chi connectivity index (χ2n) is 4.75. The zero-order chi connectivity index (χ0) is 13.2. The van der Waals surface area contributed by atoms with Crippen molar-refractivity contribution >= 4 is 21.4 Å². The van der Waals surface area contributed by atoms with E-state index >= 15 is 0 Å². The Balaban J connectivity index is 2.06. The van der Waals surface area contributed by atoms with Gasteiger partial charge in [-0.15, -0.1) is 11.3 Å². The Hall–Kier alpha value is -0.430. The third-order valence-corrected chi connectivity index (χ3v) is 7.03. The molecule has 1 aliphatic rings. The van der Waals surface area contributed by atoms with Gasteiger partial charge in [0, 0.05) is 19.1 Å². The average molecular weight is 288 g/mol. The van der Waals surface area contributed by atoms with Crippen molar-refractivity contribution in [2.75, 3.05) is 14.1 Å². The first-order valence-electron chi connectivity index (χ1n) is 6.24. The molecule has 18 heavy (non-hydrogen) atoms. The summed E-state index contributed by atoms with van der Waals surface area (Å²) in [7, 11) is 0.389. The molecular formula is C12H20N2O2S2. The van der Waals surface area contributed by atoms with Gasteiger partial charge in [-0.2, -0.15) is 4.31 Å². The molecule has 0 amide bonds. The van der Waals surface area contributed by atoms with Gasteiger partial charge in [0.25, 0.3) is 10.0 Å². The van der Waals surface area contributed by atoms with Crippen LogP contribution in [0.25, 0.3) is 0 Å². The Bertz CT molecular complexity index is 462. The third kappa shape index (κ3) is 2.77. The maximum Gasteiger partial charge on any atom is 0.252 e. The molecule has 2 rings (SSSR count). The third-order valence-electron chi connectivity index (χ3n) is 3.75. The second kappa shape index (κ2) is 5.69. The van der Waals surface area contributed by atoms with Crippen molar-refractivity contribution in [2.45, 2.75) is 42.0 Å². The fraction of sp³-hybridized carbons (Fsp3) is 0.667. The molecule has 0 aliphatic heterocycles. The maximum absolute atomic E-state index is 12.4. The normalized spacial score (nSPS) is 25.5. The standard InChI is InChI=1S/C12H20N2O2S2/c1-13-10-5-7-11(8-6-10)14(2)18(15,16)12-4-3-9-17-12/h3-4,9-11,13H,5-8H2,1-2H3. The first-order chi connectivity index (χ1) is 8.55. The van der Waals surface area contributed by atoms with Crippen LogP contribution in [0, 0.1) is 0 Å². The Labute approximate surface area is 113 Å². The van der Waals surface area contributed by atoms with Crippen molar-refractivity contribution in [3.8, 4) is 0 Å². The molecule has 4 nitrogen and oxygen atoms in total. The van der Waals surface area contributed by atoms with E-state index in [1.54, 1.807) is 28.9 Å². The van der Waals surface area contributed by atoms with E-state index in [-0.39, 0.29) is 6.04 Å². The molecule has 1 saturated carbocycles. The summed E-state index contributed by atoms with van der Waals surface area (Å²) in [4.78, 5) is 0. The lowest BCUT2D eigenvalue weighted by molar-refractivity contribution is 0.255. The van der Waals surface area contributed by atoms with Gasteiger partial charge in [0.2, 0.25) is 0 Å². The highest BCUT2D eigenvalue weighted by Crippen LogP contribution is 2.28. The van der Waals surface area contributed by atoms with Crippen LogP contribution in [0.5, 0.6) is 0 Å². The quantitative estimate of drug-likeness (QED) is 0.920. The minimum atomic E-state index is -3.29. The fourth-order valence-corrected chi connectivity index (χ4v) is 5.07. The molecule has 0 radical (unpaired) electrons. The summed E-state index contributed by atoms with van der Waals surface area (Å²) in [6, 6.07) is 4.14. The monoisotopic (exact) mass is 288 g/mol. The van der Waals surface area contributed by atoms with E-state index in [4.69, 9.17) is 0 Å². The number of hydrogen-bond donors (Lipinski definition) is 1. The van der Waals surface area contributed by atoms with Crippen LogP contribution in [-0.2, 0) is 10.0 Å². The van der Waals surface area contributed by atoms with Gasteiger partial charge < -0.3 is 5.32 Å². The van der Waals surface area contributed by atoms with Crippen LogP contribution in [0.15, 0.2) is 21.7 Å². The minimum absolute atomic E-state index is 0.140. The predicted molar refractivity (Wildman–Crippen MR) is 74.4 cm³/mol. The lowest BCUT2D eigenvalue weighted by atomic mass is 9.91. The van der Waals surface area contributed by atoms with E-state index in [0.717, 1.165) is 25.7 Å². The van der Waals surface area contributed by atoms with Crippen LogP contribution in [0.3, 0.4) is 0 Å². The molecule has 6 heteroatoms. The number of thiophene rings is 1. The van der Waals surface area contributed by atoms with E-state index in [1.807, 2.05) is 7.05 Å². The number of sulfonamides is 1. The first kappa shape index (κ1) is 14.0. The molecule has 0 atom stereocenters. The van der Waals surface area contributed by atoms with Gasteiger partial charge in [-0.25, -0.2) is 8.42 Å². The summed E-state index contributed by atoms with van der Waals surface area (Å²) < 4.78 is 26.7. The zero-order valence-corrected chi connectivity index (χ0v) is 12.4. The predicted octanol–water partition coefficient (Wildman–Crippen LogP) is 1.90. The van der Waals surface area contributed by atoms with Gasteiger partial charge in [0.05, 0.1) is 0 Å². The average Bonchev–Trinajstić information content (AvgIpc) is 2.92. The van der Waals surface area contributed by atoms with Crippen LogP contribution < -0.4 is 5.32 Å². The summed E-state index contributed by atoms with van der Waals surface area (Å²) in [5.74, 6) is 0. The lowest BCUT2D eigenvalue weighted by Crippen LogP contribution is -2.42. The molecule has 0 aromatic carbocycles. The first-order valence-corrected chi connectivity index (χ1v) is 8.56. The molecule has 0 unspecified atom stereocenters. The van der Waals surface area contributed by atoms with E-state index in [2.05, 4.69) is 5.32 Å². The largest absolute Gasteiger partial charge is 0.317 e. The molecule has 0 spiro atoms. The van der Waals surface area contributed by atoms with E-state index in [1.165, 1.54) is 11.3 Å². The minimum Gasteiger partial charge on any atom is -0.317 e. The molecule has 1 N–H and O–H groups in total. The molecule has 1 aliphatic carbocycles. The Kier molecular flexibility index (Phi) is 4.42. The lowest BCUT2D eigenvalue weighted by Gasteiger charge is -2.33. The highest BCUT2D eigenvalue weighted by atomic mass is 32.2. The Morgan fingerprint density at radius 3 is 2.50 bits per heavy atom. The van der Waals surface area contributed by atoms with Crippen LogP contribution in [0.2, 0.25) is 0 Å². The summed E-state index contributed by atoms with van der Waals surface area (Å²) in [6.45, 7) is 0. The summed E-state index contributed by atoms with van der Waals surface area (Å²) in [6.07, 6.45) is 3.97. The van der Waals surface area contributed by atoms with Gasteiger partial charge in [0.1, 0.15) is 4.21 Å². The smallest absolute Gasteiger partial charge is 0.252 e. The van der Waals surface area contributed by atoms with Gasteiger partial charge in [-0.1, -0.05) is 6.07 Å². The molecular weight excluding hydrogens is 268 g/mol. The number of hydrogen-bond acceptors (Lipinski definition) is 4. The zero-order valence-electron chi connectivity index (χ0n) is 10.8. The highest BCUT2D eigenvalue weighted by molar-refractivity contribution is 7.91. The van der Waals surface area contributed by atoms with Crippen molar-refractivity contribution in [1.82, 2.24) is 9.62 Å². The number of nitrogens with one attached hydrogen (secondary N) is 1. The van der Waals surface area contributed by atoms with Crippen LogP contribution >= 0.6 is 11.3 Å². The molecule has 1 fully saturated rings. The van der Waals surface area contributed by atoms with Crippen molar-refractivity contribution in [1.29, 1.82) is 0 Å². The number of rotatable bonds is 4. The molecule has 1 aromatic rings. The molecule has 0 bridgehead atoms. The van der Waals surface area contributed by atoms with Crippen LogP contribution in [0.1, 0.15) is 25.7 Å². The Morgan fingerprint density at radius 2 is 2.00 bits per heavy atom. The molecule has 1 aromatic heterocycles. The second-order valence-corrected chi connectivity index (χ2v) is 7.92. The Morgan fingerprint density at radius 1 is 1.33 bits per heavy atom. The molecule has 0 saturated heterocycles. The van der Waals surface area contributed by atoms with Crippen LogP contribution in [-0.4, -0.2) is 38.9 Å². The number of nitrogens with zero attached hydrogens (tertiary/aromatic N) is 1. The van der Waals surface area contributed by atoms with Gasteiger partial charge in [-0.3, -0.25) is 0 Å². The maximum atomic E-state index is 12.4. The van der Waals surface area contributed by atoms with Crippen molar-refractivity contribution in [3.63, 3.8) is 0 Å². The molecule has 102 valence electrons. The topological polar surface area (TPSA) is 49.4 Å². The van der Waals surface area contributed by atoms with Crippen LogP contribution in [0.4, 0.5) is 0 Å². The van der Waals surface area contributed by atoms with Crippen molar-refractivity contribution in [2.24, 2.45) is 0 Å². The SMILES string of the molecule is CNC1CCC(N(C)S(=O)(=O)c2cccs2)CC1.